The number of anilines is 1. The van der Waals surface area contributed by atoms with Gasteiger partial charge in [-0.15, -0.1) is 0 Å². The Morgan fingerprint density at radius 1 is 1.12 bits per heavy atom. The van der Waals surface area contributed by atoms with Gasteiger partial charge in [-0.05, 0) is 30.3 Å². The summed E-state index contributed by atoms with van der Waals surface area (Å²) < 4.78 is 0. The summed E-state index contributed by atoms with van der Waals surface area (Å²) in [6.45, 7) is 0. The minimum absolute atomic E-state index is 0.0275. The molecule has 5 nitrogen and oxygen atoms in total. The average molecular weight is 458 g/mol. The monoisotopic (exact) mass is 456 g/mol. The predicted molar refractivity (Wildman–Crippen MR) is 106 cm³/mol. The van der Waals surface area contributed by atoms with Crippen LogP contribution >= 0.6 is 39.1 Å². The van der Waals surface area contributed by atoms with E-state index in [0.29, 0.717) is 10.7 Å². The third-order valence-electron chi connectivity index (χ3n) is 3.63. The topological polar surface area (TPSA) is 66.5 Å². The van der Waals surface area contributed by atoms with E-state index >= 15 is 0 Å². The van der Waals surface area contributed by atoms with Gasteiger partial charge in [-0.1, -0.05) is 57.3 Å². The second-order valence-electron chi connectivity index (χ2n) is 5.38. The number of rotatable bonds is 6. The normalized spacial score (nSPS) is 11.5. The van der Waals surface area contributed by atoms with Gasteiger partial charge in [0.25, 0.3) is 5.91 Å². The summed E-state index contributed by atoms with van der Waals surface area (Å²) in [4.78, 5) is 38.9. The van der Waals surface area contributed by atoms with Crippen LogP contribution in [0, 0.1) is 0 Å². The molecule has 0 radical (unpaired) electrons. The van der Waals surface area contributed by atoms with Crippen molar-refractivity contribution in [2.24, 2.45) is 0 Å². The van der Waals surface area contributed by atoms with E-state index in [1.165, 1.54) is 25.2 Å². The molecule has 0 fully saturated rings. The smallest absolute Gasteiger partial charge is 0.255 e. The molecule has 2 rings (SSSR count). The summed E-state index contributed by atoms with van der Waals surface area (Å²) in [6.07, 6.45) is 0. The first kappa shape index (κ1) is 20.4. The standard InChI is InChI=1S/C18H15BrCl2N2O3/c1-23(15(24)10-19)16(18(26)22-12-5-3-2-4-6-12)17(25)13-8-7-11(20)9-14(13)21/h2-9,16H,10H2,1H3,(H,22,26)/t16-/m0/s1. The summed E-state index contributed by atoms with van der Waals surface area (Å²) in [5, 5.41) is 3.09. The molecule has 8 heteroatoms. The van der Waals surface area contributed by atoms with Gasteiger partial charge < -0.3 is 10.2 Å². The van der Waals surface area contributed by atoms with Gasteiger partial charge in [0.15, 0.2) is 11.8 Å². The van der Waals surface area contributed by atoms with Crippen LogP contribution in [0.3, 0.4) is 0 Å². The molecule has 0 aliphatic rings. The van der Waals surface area contributed by atoms with Gasteiger partial charge in [-0.3, -0.25) is 14.4 Å². The number of amides is 2. The number of alkyl halides is 1. The average Bonchev–Trinajstić information content (AvgIpc) is 2.61. The van der Waals surface area contributed by atoms with Gasteiger partial charge in [0.05, 0.1) is 10.4 Å². The highest BCUT2D eigenvalue weighted by Crippen LogP contribution is 2.24. The molecule has 0 saturated heterocycles. The van der Waals surface area contributed by atoms with Crippen LogP contribution in [0.15, 0.2) is 48.5 Å². The fourth-order valence-corrected chi connectivity index (χ4v) is 3.17. The van der Waals surface area contributed by atoms with Gasteiger partial charge in [-0.25, -0.2) is 0 Å². The zero-order valence-electron chi connectivity index (χ0n) is 13.7. The zero-order valence-corrected chi connectivity index (χ0v) is 16.8. The SMILES string of the molecule is CN(C(=O)CBr)[C@H](C(=O)Nc1ccccc1)C(=O)c1ccc(Cl)cc1Cl. The molecule has 0 aliphatic heterocycles. The van der Waals surface area contributed by atoms with Crippen LogP contribution in [-0.2, 0) is 9.59 Å². The Labute approximate surface area is 169 Å². The van der Waals surface area contributed by atoms with Gasteiger partial charge in [-0.2, -0.15) is 0 Å². The molecule has 0 bridgehead atoms. The van der Waals surface area contributed by atoms with E-state index in [0.717, 1.165) is 4.90 Å². The molecular weight excluding hydrogens is 443 g/mol. The number of nitrogens with one attached hydrogen (secondary N) is 1. The molecule has 0 saturated carbocycles. The molecule has 1 atom stereocenters. The van der Waals surface area contributed by atoms with E-state index in [1.807, 2.05) is 0 Å². The van der Waals surface area contributed by atoms with Crippen molar-refractivity contribution in [3.05, 3.63) is 64.1 Å². The number of nitrogens with zero attached hydrogens (tertiary/aromatic N) is 1. The van der Waals surface area contributed by atoms with E-state index in [2.05, 4.69) is 21.2 Å². The van der Waals surface area contributed by atoms with Gasteiger partial charge in [0.2, 0.25) is 5.91 Å². The van der Waals surface area contributed by atoms with Crippen LogP contribution in [0.5, 0.6) is 0 Å². The predicted octanol–water partition coefficient (Wildman–Crippen LogP) is 4.04. The molecule has 0 heterocycles. The Balaban J connectivity index is 2.38. The van der Waals surface area contributed by atoms with Crippen molar-refractivity contribution in [3.8, 4) is 0 Å². The Hall–Kier alpha value is -1.89. The van der Waals surface area contributed by atoms with E-state index in [1.54, 1.807) is 30.3 Å². The number of hydrogen-bond acceptors (Lipinski definition) is 3. The molecular formula is C18H15BrCl2N2O3. The van der Waals surface area contributed by atoms with Gasteiger partial charge >= 0.3 is 0 Å². The highest BCUT2D eigenvalue weighted by atomic mass is 79.9. The second-order valence-corrected chi connectivity index (χ2v) is 6.79. The first-order valence-electron chi connectivity index (χ1n) is 7.52. The maximum absolute atomic E-state index is 13.0. The number of likely N-dealkylation sites (N-methyl/N-ethyl adjacent to an activating group) is 1. The van der Waals surface area contributed by atoms with Crippen LogP contribution in [0.2, 0.25) is 10.0 Å². The third kappa shape index (κ3) is 4.84. The van der Waals surface area contributed by atoms with Crippen molar-refractivity contribution in [2.75, 3.05) is 17.7 Å². The second kappa shape index (κ2) is 9.16. The maximum Gasteiger partial charge on any atom is 0.255 e. The van der Waals surface area contributed by atoms with Crippen LogP contribution in [0.4, 0.5) is 5.69 Å². The number of para-hydroxylation sites is 1. The number of ketones is 1. The number of hydrogen-bond donors (Lipinski definition) is 1. The summed E-state index contributed by atoms with van der Waals surface area (Å²) in [5.74, 6) is -1.66. The Bertz CT molecular complexity index is 830. The third-order valence-corrected chi connectivity index (χ3v) is 4.66. The van der Waals surface area contributed by atoms with Crippen LogP contribution in [0.25, 0.3) is 0 Å². The van der Waals surface area contributed by atoms with E-state index in [9.17, 15) is 14.4 Å². The molecule has 1 N–H and O–H groups in total. The molecule has 0 spiro atoms. The summed E-state index contributed by atoms with van der Waals surface area (Å²) >= 11 is 15.0. The molecule has 136 valence electrons. The zero-order chi connectivity index (χ0) is 19.3. The lowest BCUT2D eigenvalue weighted by atomic mass is 10.0. The van der Waals surface area contributed by atoms with Crippen molar-refractivity contribution < 1.29 is 14.4 Å². The molecule has 0 unspecified atom stereocenters. The summed E-state index contributed by atoms with van der Waals surface area (Å²) in [6, 6.07) is 11.6. The van der Waals surface area contributed by atoms with Crippen molar-refractivity contribution >= 4 is 62.4 Å². The Morgan fingerprint density at radius 2 is 1.77 bits per heavy atom. The van der Waals surface area contributed by atoms with E-state index < -0.39 is 23.6 Å². The first-order chi connectivity index (χ1) is 12.3. The quantitative estimate of drug-likeness (QED) is 0.404. The Morgan fingerprint density at radius 3 is 2.35 bits per heavy atom. The molecule has 2 aromatic carbocycles. The minimum Gasteiger partial charge on any atom is -0.326 e. The van der Waals surface area contributed by atoms with Crippen LogP contribution in [0.1, 0.15) is 10.4 Å². The van der Waals surface area contributed by atoms with Crippen molar-refractivity contribution in [2.45, 2.75) is 6.04 Å². The lowest BCUT2D eigenvalue weighted by Gasteiger charge is -2.26. The van der Waals surface area contributed by atoms with Crippen molar-refractivity contribution in [1.82, 2.24) is 4.90 Å². The molecule has 0 aliphatic carbocycles. The van der Waals surface area contributed by atoms with Crippen LogP contribution < -0.4 is 5.32 Å². The lowest BCUT2D eigenvalue weighted by molar-refractivity contribution is -0.133. The number of carbonyl (C=O) groups excluding carboxylic acids is 3. The number of halogens is 3. The van der Waals surface area contributed by atoms with Crippen molar-refractivity contribution in [3.63, 3.8) is 0 Å². The highest BCUT2D eigenvalue weighted by Gasteiger charge is 2.35. The number of carbonyl (C=O) groups is 3. The lowest BCUT2D eigenvalue weighted by Crippen LogP contribution is -2.50. The highest BCUT2D eigenvalue weighted by molar-refractivity contribution is 9.09. The van der Waals surface area contributed by atoms with Gasteiger partial charge in [0, 0.05) is 23.3 Å². The van der Waals surface area contributed by atoms with E-state index in [-0.39, 0.29) is 15.9 Å². The molecule has 2 amide bonds. The molecule has 0 aromatic heterocycles. The first-order valence-corrected chi connectivity index (χ1v) is 9.39. The summed E-state index contributed by atoms with van der Waals surface area (Å²) in [5.41, 5.74) is 0.621. The van der Waals surface area contributed by atoms with Crippen LogP contribution in [-0.4, -0.2) is 40.9 Å². The fourth-order valence-electron chi connectivity index (χ4n) is 2.28. The minimum atomic E-state index is -1.38. The number of benzene rings is 2. The Kier molecular flexibility index (Phi) is 7.20. The van der Waals surface area contributed by atoms with E-state index in [4.69, 9.17) is 23.2 Å². The fraction of sp³-hybridized carbons (Fsp3) is 0.167. The van der Waals surface area contributed by atoms with Crippen molar-refractivity contribution in [1.29, 1.82) is 0 Å². The number of Topliss-reactive ketones (excluding diaryl/α,β-unsaturated/α-hetero) is 1. The largest absolute Gasteiger partial charge is 0.326 e. The molecule has 26 heavy (non-hydrogen) atoms. The maximum atomic E-state index is 13.0. The summed E-state index contributed by atoms with van der Waals surface area (Å²) in [7, 11) is 1.39. The molecule has 2 aromatic rings. The van der Waals surface area contributed by atoms with Gasteiger partial charge in [0.1, 0.15) is 0 Å².